The van der Waals surface area contributed by atoms with Crippen LogP contribution in [0.3, 0.4) is 0 Å². The second-order valence-electron chi connectivity index (χ2n) is 6.72. The minimum absolute atomic E-state index is 0.0693. The molecule has 1 N–H and O–H groups in total. The summed E-state index contributed by atoms with van der Waals surface area (Å²) in [5.74, 6) is 0.464. The Morgan fingerprint density at radius 3 is 2.09 bits per heavy atom. The van der Waals surface area contributed by atoms with Gasteiger partial charge in [0.1, 0.15) is 0 Å². The fourth-order valence-electron chi connectivity index (χ4n) is 2.61. The van der Waals surface area contributed by atoms with E-state index in [1.165, 1.54) is 11.4 Å². The van der Waals surface area contributed by atoms with E-state index in [0.717, 1.165) is 11.8 Å². The van der Waals surface area contributed by atoms with Crippen molar-refractivity contribution >= 4 is 21.6 Å². The highest BCUT2D eigenvalue weighted by Crippen LogP contribution is 2.23. The molecular formula is C17H28N2O3S. The quantitative estimate of drug-likeness (QED) is 0.866. The van der Waals surface area contributed by atoms with Crippen LogP contribution in [0.2, 0.25) is 0 Å². The molecule has 0 spiro atoms. The van der Waals surface area contributed by atoms with E-state index in [2.05, 4.69) is 33.0 Å². The van der Waals surface area contributed by atoms with Gasteiger partial charge >= 0.3 is 0 Å². The molecule has 1 aromatic carbocycles. The average molecular weight is 340 g/mol. The van der Waals surface area contributed by atoms with Gasteiger partial charge in [0.05, 0.1) is 11.9 Å². The lowest BCUT2D eigenvalue weighted by molar-refractivity contribution is 0.0910. The zero-order chi connectivity index (χ0) is 17.9. The zero-order valence-electron chi connectivity index (χ0n) is 15.0. The van der Waals surface area contributed by atoms with Crippen LogP contribution in [-0.4, -0.2) is 33.7 Å². The molecule has 1 aromatic rings. The molecule has 0 saturated heterocycles. The maximum atomic E-state index is 12.5. The maximum absolute atomic E-state index is 12.5. The van der Waals surface area contributed by atoms with Crippen molar-refractivity contribution in [1.29, 1.82) is 0 Å². The van der Waals surface area contributed by atoms with Crippen LogP contribution in [0, 0.1) is 18.8 Å². The van der Waals surface area contributed by atoms with E-state index in [9.17, 15) is 13.2 Å². The van der Waals surface area contributed by atoms with E-state index in [1.807, 2.05) is 6.92 Å². The number of hydrogen-bond donors (Lipinski definition) is 1. The first kappa shape index (κ1) is 19.5. The third-order valence-corrected chi connectivity index (χ3v) is 5.23. The van der Waals surface area contributed by atoms with Crippen LogP contribution in [0.1, 0.15) is 43.6 Å². The van der Waals surface area contributed by atoms with Gasteiger partial charge in [-0.1, -0.05) is 33.8 Å². The van der Waals surface area contributed by atoms with Crippen molar-refractivity contribution in [3.63, 3.8) is 0 Å². The van der Waals surface area contributed by atoms with Crippen molar-refractivity contribution in [1.82, 2.24) is 5.32 Å². The molecule has 1 amide bonds. The van der Waals surface area contributed by atoms with Crippen LogP contribution in [0.5, 0.6) is 0 Å². The summed E-state index contributed by atoms with van der Waals surface area (Å²) in [6.07, 6.45) is 1.15. The molecule has 0 unspecified atom stereocenters. The first-order chi connectivity index (χ1) is 10.4. The monoisotopic (exact) mass is 340 g/mol. The molecule has 0 fully saturated rings. The molecule has 6 heteroatoms. The molecule has 23 heavy (non-hydrogen) atoms. The Morgan fingerprint density at radius 2 is 1.65 bits per heavy atom. The molecule has 0 bridgehead atoms. The Labute approximate surface area is 140 Å². The Balaban J connectivity index is 3.13. The Kier molecular flexibility index (Phi) is 6.22. The third-order valence-electron chi connectivity index (χ3n) is 4.04. The van der Waals surface area contributed by atoms with Crippen LogP contribution in [0.15, 0.2) is 18.2 Å². The Hall–Kier alpha value is -1.56. The fraction of sp³-hybridized carbons (Fsp3) is 0.588. The van der Waals surface area contributed by atoms with E-state index in [1.54, 1.807) is 18.2 Å². The van der Waals surface area contributed by atoms with Crippen LogP contribution < -0.4 is 9.62 Å². The SMILES string of the molecule is Cc1ccc(C(=O)NC(C(C)C)C(C)C)cc1N(C)S(C)(=O)=O. The van der Waals surface area contributed by atoms with Crippen molar-refractivity contribution in [2.75, 3.05) is 17.6 Å². The minimum Gasteiger partial charge on any atom is -0.349 e. The number of hydrogen-bond acceptors (Lipinski definition) is 3. The van der Waals surface area contributed by atoms with Gasteiger partial charge in [-0.3, -0.25) is 9.10 Å². The standard InChI is InChI=1S/C17H28N2O3S/c1-11(2)16(12(3)4)18-17(20)14-9-8-13(5)15(10-14)19(6)23(7,21)22/h8-12,16H,1-7H3,(H,18,20). The molecule has 0 radical (unpaired) electrons. The number of aryl methyl sites for hydroxylation is 1. The molecular weight excluding hydrogens is 312 g/mol. The van der Waals surface area contributed by atoms with E-state index in [4.69, 9.17) is 0 Å². The Morgan fingerprint density at radius 1 is 1.13 bits per heavy atom. The minimum atomic E-state index is -3.37. The van der Waals surface area contributed by atoms with Crippen molar-refractivity contribution in [3.8, 4) is 0 Å². The largest absolute Gasteiger partial charge is 0.349 e. The number of nitrogens with zero attached hydrogens (tertiary/aromatic N) is 1. The van der Waals surface area contributed by atoms with Gasteiger partial charge < -0.3 is 5.32 Å². The lowest BCUT2D eigenvalue weighted by Gasteiger charge is -2.26. The van der Waals surface area contributed by atoms with E-state index in [0.29, 0.717) is 23.1 Å². The predicted molar refractivity (Wildman–Crippen MR) is 95.4 cm³/mol. The zero-order valence-corrected chi connectivity index (χ0v) is 15.9. The van der Waals surface area contributed by atoms with Crippen LogP contribution >= 0.6 is 0 Å². The molecule has 0 aliphatic rings. The second-order valence-corrected chi connectivity index (χ2v) is 8.73. The number of benzene rings is 1. The molecule has 0 saturated carbocycles. The fourth-order valence-corrected chi connectivity index (χ4v) is 3.16. The summed E-state index contributed by atoms with van der Waals surface area (Å²) in [6.45, 7) is 10.1. The van der Waals surface area contributed by atoms with E-state index >= 15 is 0 Å². The van der Waals surface area contributed by atoms with Gasteiger partial charge in [0, 0.05) is 18.7 Å². The summed E-state index contributed by atoms with van der Waals surface area (Å²) in [5, 5.41) is 3.05. The predicted octanol–water partition coefficient (Wildman–Crippen LogP) is 2.80. The number of rotatable bonds is 6. The summed E-state index contributed by atoms with van der Waals surface area (Å²) >= 11 is 0. The number of sulfonamides is 1. The lowest BCUT2D eigenvalue weighted by atomic mass is 9.93. The highest BCUT2D eigenvalue weighted by atomic mass is 32.2. The van der Waals surface area contributed by atoms with Crippen LogP contribution in [0.4, 0.5) is 5.69 Å². The molecule has 0 atom stereocenters. The number of amides is 1. The van der Waals surface area contributed by atoms with Crippen LogP contribution in [0.25, 0.3) is 0 Å². The van der Waals surface area contributed by atoms with Crippen molar-refractivity contribution in [2.45, 2.75) is 40.7 Å². The van der Waals surface area contributed by atoms with Crippen molar-refractivity contribution in [3.05, 3.63) is 29.3 Å². The van der Waals surface area contributed by atoms with Gasteiger partial charge in [0.15, 0.2) is 0 Å². The smallest absolute Gasteiger partial charge is 0.251 e. The average Bonchev–Trinajstić information content (AvgIpc) is 2.42. The summed E-state index contributed by atoms with van der Waals surface area (Å²) in [7, 11) is -1.88. The number of nitrogens with one attached hydrogen (secondary N) is 1. The van der Waals surface area contributed by atoms with Gasteiger partial charge in [-0.2, -0.15) is 0 Å². The van der Waals surface area contributed by atoms with Crippen LogP contribution in [-0.2, 0) is 10.0 Å². The third kappa shape index (κ3) is 4.96. The van der Waals surface area contributed by atoms with Gasteiger partial charge in [0.25, 0.3) is 5.91 Å². The lowest BCUT2D eigenvalue weighted by Crippen LogP contribution is -2.42. The number of carbonyl (C=O) groups is 1. The maximum Gasteiger partial charge on any atom is 0.251 e. The molecule has 1 rings (SSSR count). The van der Waals surface area contributed by atoms with Gasteiger partial charge in [-0.25, -0.2) is 8.42 Å². The summed E-state index contributed by atoms with van der Waals surface area (Å²) in [5.41, 5.74) is 1.79. The molecule has 0 heterocycles. The highest BCUT2D eigenvalue weighted by Gasteiger charge is 2.22. The first-order valence-electron chi connectivity index (χ1n) is 7.80. The summed E-state index contributed by atoms with van der Waals surface area (Å²) in [4.78, 5) is 12.5. The van der Waals surface area contributed by atoms with Gasteiger partial charge in [0.2, 0.25) is 10.0 Å². The van der Waals surface area contributed by atoms with E-state index in [-0.39, 0.29) is 11.9 Å². The van der Waals surface area contributed by atoms with Gasteiger partial charge in [-0.05, 0) is 36.5 Å². The second kappa shape index (κ2) is 7.34. The molecule has 130 valence electrons. The van der Waals surface area contributed by atoms with Crippen molar-refractivity contribution < 1.29 is 13.2 Å². The van der Waals surface area contributed by atoms with E-state index < -0.39 is 10.0 Å². The molecule has 0 aromatic heterocycles. The number of carbonyl (C=O) groups excluding carboxylic acids is 1. The molecule has 0 aliphatic heterocycles. The number of anilines is 1. The molecule has 0 aliphatic carbocycles. The normalized spacial score (nSPS) is 12.1. The van der Waals surface area contributed by atoms with Crippen molar-refractivity contribution in [2.24, 2.45) is 11.8 Å². The first-order valence-corrected chi connectivity index (χ1v) is 9.65. The summed E-state index contributed by atoms with van der Waals surface area (Å²) in [6, 6.07) is 5.19. The molecule has 5 nitrogen and oxygen atoms in total. The highest BCUT2D eigenvalue weighted by molar-refractivity contribution is 7.92. The topological polar surface area (TPSA) is 66.5 Å². The van der Waals surface area contributed by atoms with Gasteiger partial charge in [-0.15, -0.1) is 0 Å². The summed E-state index contributed by atoms with van der Waals surface area (Å²) < 4.78 is 24.7. The Bertz CT molecular complexity index is 658.